The largest absolute Gasteiger partial charge is 0.497 e. The van der Waals surface area contributed by atoms with E-state index in [0.717, 1.165) is 46.9 Å². The van der Waals surface area contributed by atoms with E-state index >= 15 is 0 Å². The van der Waals surface area contributed by atoms with E-state index in [1.54, 1.807) is 7.11 Å². The number of rotatable bonds is 4. The Morgan fingerprint density at radius 1 is 1.19 bits per heavy atom. The van der Waals surface area contributed by atoms with E-state index < -0.39 is 0 Å². The van der Waals surface area contributed by atoms with Crippen LogP contribution in [0.1, 0.15) is 23.2 Å². The zero-order valence-corrected chi connectivity index (χ0v) is 15.0. The van der Waals surface area contributed by atoms with Crippen molar-refractivity contribution in [2.45, 2.75) is 32.3 Å². The Morgan fingerprint density at radius 3 is 2.77 bits per heavy atom. The van der Waals surface area contributed by atoms with Crippen molar-refractivity contribution in [3.8, 4) is 17.1 Å². The standard InChI is InChI=1S/C21H22N2O3/c1-13-20(15-7-10-17(25-2)11-8-15)26-21(22-13)23-19-5-3-4-14-6-9-16(24)12-18(14)19/h3-5,7-8,10-11,16,24H,6,9,12H2,1-2H3,(H,22,23). The van der Waals surface area contributed by atoms with Gasteiger partial charge in [0.15, 0.2) is 5.76 Å². The van der Waals surface area contributed by atoms with Crippen molar-refractivity contribution in [3.63, 3.8) is 0 Å². The Morgan fingerprint density at radius 2 is 2.00 bits per heavy atom. The highest BCUT2D eigenvalue weighted by atomic mass is 16.5. The summed E-state index contributed by atoms with van der Waals surface area (Å²) in [5.41, 5.74) is 5.15. The molecule has 0 bridgehead atoms. The molecule has 0 spiro atoms. The zero-order valence-electron chi connectivity index (χ0n) is 15.0. The molecule has 0 saturated heterocycles. The number of aliphatic hydroxyl groups is 1. The fourth-order valence-corrected chi connectivity index (χ4v) is 3.46. The number of aryl methyl sites for hydroxylation is 2. The Labute approximate surface area is 152 Å². The van der Waals surface area contributed by atoms with Gasteiger partial charge in [-0.05, 0) is 61.2 Å². The molecule has 0 amide bonds. The SMILES string of the molecule is COc1ccc(-c2oc(Nc3cccc4c3CC(O)CC4)nc2C)cc1. The van der Waals surface area contributed by atoms with Gasteiger partial charge in [-0.15, -0.1) is 0 Å². The molecule has 1 atom stereocenters. The molecule has 5 nitrogen and oxygen atoms in total. The molecular weight excluding hydrogens is 328 g/mol. The van der Waals surface area contributed by atoms with Gasteiger partial charge >= 0.3 is 0 Å². The summed E-state index contributed by atoms with van der Waals surface area (Å²) in [6.45, 7) is 1.93. The number of methoxy groups -OCH3 is 1. The summed E-state index contributed by atoms with van der Waals surface area (Å²) in [5.74, 6) is 1.54. The molecule has 134 valence electrons. The normalized spacial score (nSPS) is 16.2. The molecular formula is C21H22N2O3. The third-order valence-corrected chi connectivity index (χ3v) is 4.85. The summed E-state index contributed by atoms with van der Waals surface area (Å²) in [7, 11) is 1.65. The van der Waals surface area contributed by atoms with Crippen LogP contribution in [-0.4, -0.2) is 23.3 Å². The lowest BCUT2D eigenvalue weighted by atomic mass is 9.88. The van der Waals surface area contributed by atoms with Gasteiger partial charge in [0.25, 0.3) is 6.01 Å². The van der Waals surface area contributed by atoms with Gasteiger partial charge in [-0.3, -0.25) is 0 Å². The number of benzene rings is 2. The first-order valence-electron chi connectivity index (χ1n) is 8.82. The van der Waals surface area contributed by atoms with Gasteiger partial charge < -0.3 is 19.6 Å². The highest BCUT2D eigenvalue weighted by Gasteiger charge is 2.20. The summed E-state index contributed by atoms with van der Waals surface area (Å²) in [6, 6.07) is 14.3. The lowest BCUT2D eigenvalue weighted by molar-refractivity contribution is 0.159. The smallest absolute Gasteiger partial charge is 0.299 e. The second-order valence-corrected chi connectivity index (χ2v) is 6.63. The fraction of sp³-hybridized carbons (Fsp3) is 0.286. The molecule has 1 unspecified atom stereocenters. The predicted molar refractivity (Wildman–Crippen MR) is 101 cm³/mol. The number of fused-ring (bicyclic) bond motifs is 1. The monoisotopic (exact) mass is 350 g/mol. The second kappa shape index (κ2) is 6.84. The predicted octanol–water partition coefficient (Wildman–Crippen LogP) is 4.25. The highest BCUT2D eigenvalue weighted by molar-refractivity contribution is 5.65. The molecule has 1 aliphatic carbocycles. The number of nitrogens with one attached hydrogen (secondary N) is 1. The van der Waals surface area contributed by atoms with Crippen molar-refractivity contribution in [2.75, 3.05) is 12.4 Å². The summed E-state index contributed by atoms with van der Waals surface area (Å²) in [4.78, 5) is 4.52. The van der Waals surface area contributed by atoms with Crippen molar-refractivity contribution >= 4 is 11.7 Å². The number of ether oxygens (including phenoxy) is 1. The van der Waals surface area contributed by atoms with Crippen molar-refractivity contribution in [2.24, 2.45) is 0 Å². The zero-order chi connectivity index (χ0) is 18.1. The maximum absolute atomic E-state index is 10.0. The Bertz CT molecular complexity index is 916. The van der Waals surface area contributed by atoms with E-state index in [1.165, 1.54) is 5.56 Å². The highest BCUT2D eigenvalue weighted by Crippen LogP contribution is 2.33. The average Bonchev–Trinajstić information content (AvgIpc) is 3.02. The molecule has 3 aromatic rings. The van der Waals surface area contributed by atoms with Gasteiger partial charge in [0.1, 0.15) is 5.75 Å². The van der Waals surface area contributed by atoms with Crippen LogP contribution in [0, 0.1) is 6.92 Å². The fourth-order valence-electron chi connectivity index (χ4n) is 3.46. The number of nitrogens with zero attached hydrogens (tertiary/aromatic N) is 1. The summed E-state index contributed by atoms with van der Waals surface area (Å²) in [5, 5.41) is 13.3. The number of aromatic nitrogens is 1. The third kappa shape index (κ3) is 3.18. The Hall–Kier alpha value is -2.79. The maximum atomic E-state index is 10.0. The number of anilines is 2. The molecule has 1 heterocycles. The third-order valence-electron chi connectivity index (χ3n) is 4.85. The Balaban J connectivity index is 1.62. The number of hydrogen-bond donors (Lipinski definition) is 2. The summed E-state index contributed by atoms with van der Waals surface area (Å²) < 4.78 is 11.2. The van der Waals surface area contributed by atoms with E-state index in [-0.39, 0.29) is 6.10 Å². The molecule has 0 aliphatic heterocycles. The number of aliphatic hydroxyl groups excluding tert-OH is 1. The average molecular weight is 350 g/mol. The Kier molecular flexibility index (Phi) is 4.39. The molecule has 0 radical (unpaired) electrons. The number of oxazole rings is 1. The van der Waals surface area contributed by atoms with Crippen LogP contribution in [0.15, 0.2) is 46.9 Å². The van der Waals surface area contributed by atoms with E-state index in [2.05, 4.69) is 16.4 Å². The van der Waals surface area contributed by atoms with E-state index in [4.69, 9.17) is 9.15 Å². The first-order chi connectivity index (χ1) is 12.6. The van der Waals surface area contributed by atoms with Crippen LogP contribution in [0.4, 0.5) is 11.7 Å². The molecule has 2 N–H and O–H groups in total. The van der Waals surface area contributed by atoms with Crippen molar-refractivity contribution in [1.29, 1.82) is 0 Å². The molecule has 26 heavy (non-hydrogen) atoms. The van der Waals surface area contributed by atoms with Gasteiger partial charge in [-0.1, -0.05) is 12.1 Å². The lowest BCUT2D eigenvalue weighted by Crippen LogP contribution is -2.19. The van der Waals surface area contributed by atoms with Gasteiger partial charge in [0.05, 0.1) is 18.9 Å². The van der Waals surface area contributed by atoms with Crippen LogP contribution >= 0.6 is 0 Å². The van der Waals surface area contributed by atoms with E-state index in [1.807, 2.05) is 43.3 Å². The first kappa shape index (κ1) is 16.7. The summed E-state index contributed by atoms with van der Waals surface area (Å²) >= 11 is 0. The first-order valence-corrected chi connectivity index (χ1v) is 8.82. The van der Waals surface area contributed by atoms with Crippen molar-refractivity contribution in [1.82, 2.24) is 4.98 Å². The van der Waals surface area contributed by atoms with Gasteiger partial charge in [0.2, 0.25) is 0 Å². The van der Waals surface area contributed by atoms with Gasteiger partial charge in [0, 0.05) is 17.7 Å². The van der Waals surface area contributed by atoms with Crippen LogP contribution in [0.2, 0.25) is 0 Å². The molecule has 1 aromatic heterocycles. The van der Waals surface area contributed by atoms with Gasteiger partial charge in [-0.2, -0.15) is 4.98 Å². The minimum atomic E-state index is -0.286. The van der Waals surface area contributed by atoms with Gasteiger partial charge in [-0.25, -0.2) is 0 Å². The molecule has 2 aromatic carbocycles. The lowest BCUT2D eigenvalue weighted by Gasteiger charge is -2.23. The van der Waals surface area contributed by atoms with Crippen molar-refractivity contribution in [3.05, 3.63) is 59.3 Å². The molecule has 5 heteroatoms. The van der Waals surface area contributed by atoms with Crippen LogP contribution < -0.4 is 10.1 Å². The van der Waals surface area contributed by atoms with Crippen LogP contribution in [0.3, 0.4) is 0 Å². The van der Waals surface area contributed by atoms with E-state index in [0.29, 0.717) is 12.4 Å². The minimum absolute atomic E-state index is 0.286. The molecule has 4 rings (SSSR count). The van der Waals surface area contributed by atoms with E-state index in [9.17, 15) is 5.11 Å². The van der Waals surface area contributed by atoms with Crippen molar-refractivity contribution < 1.29 is 14.3 Å². The quantitative estimate of drug-likeness (QED) is 0.736. The van der Waals surface area contributed by atoms with Crippen LogP contribution in [0.25, 0.3) is 11.3 Å². The minimum Gasteiger partial charge on any atom is -0.497 e. The number of hydrogen-bond acceptors (Lipinski definition) is 5. The summed E-state index contributed by atoms with van der Waals surface area (Å²) in [6.07, 6.45) is 2.08. The molecule has 0 saturated carbocycles. The second-order valence-electron chi connectivity index (χ2n) is 6.63. The molecule has 0 fully saturated rings. The van der Waals surface area contributed by atoms with Crippen LogP contribution in [-0.2, 0) is 12.8 Å². The van der Waals surface area contributed by atoms with Crippen LogP contribution in [0.5, 0.6) is 5.75 Å². The maximum Gasteiger partial charge on any atom is 0.299 e. The molecule has 1 aliphatic rings. The topological polar surface area (TPSA) is 67.5 Å².